The summed E-state index contributed by atoms with van der Waals surface area (Å²) < 4.78 is 6.63. The lowest BCUT2D eigenvalue weighted by atomic mass is 9.86. The van der Waals surface area contributed by atoms with Crippen molar-refractivity contribution in [1.82, 2.24) is 0 Å². The first kappa shape index (κ1) is 23.5. The van der Waals surface area contributed by atoms with Crippen LogP contribution < -0.4 is 9.80 Å². The fourth-order valence-electron chi connectivity index (χ4n) is 7.08. The third-order valence-electron chi connectivity index (χ3n) is 8.96. The molecule has 1 aliphatic carbocycles. The highest BCUT2D eigenvalue weighted by Gasteiger charge is 2.45. The Morgan fingerprint density at radius 1 is 0.714 bits per heavy atom. The van der Waals surface area contributed by atoms with Gasteiger partial charge in [0.15, 0.2) is 0 Å². The van der Waals surface area contributed by atoms with Crippen LogP contribution in [0.1, 0.15) is 46.1 Å². The SMILES string of the molecule is C1=CC2c3ccccc3N(c3cccc([NH+]4C(c5ccccc5)=NC4c4ccccc4)c3)C2c2oc3ccccc3c21. The standard InChI is InChI=1S/C38H27N3O/c1-3-12-25(13-4-1)37-39-38(26-14-5-2-6-15-26)41(37)28-17-11-16-27(24-28)40-33-20-9-7-18-29(33)31-22-23-32-30-19-8-10-21-34(30)42-36(32)35(31)40/h1-24,31,35,37H/p+1. The summed E-state index contributed by atoms with van der Waals surface area (Å²) in [7, 11) is 0. The monoisotopic (exact) mass is 542 g/mol. The molecular weight excluding hydrogens is 514 g/mol. The lowest BCUT2D eigenvalue weighted by molar-refractivity contribution is -0.792. The number of rotatable bonds is 4. The fraction of sp³-hybridized carbons (Fsp3) is 0.0789. The van der Waals surface area contributed by atoms with Gasteiger partial charge in [-0.15, -0.1) is 0 Å². The predicted octanol–water partition coefficient (Wildman–Crippen LogP) is 8.11. The molecule has 6 aromatic rings. The molecular formula is C38H28N3O+. The van der Waals surface area contributed by atoms with E-state index in [2.05, 4.69) is 144 Å². The number of fused-ring (bicyclic) bond motifs is 7. The van der Waals surface area contributed by atoms with Crippen molar-refractivity contribution in [3.05, 3.63) is 168 Å². The van der Waals surface area contributed by atoms with Crippen molar-refractivity contribution < 1.29 is 9.32 Å². The zero-order valence-corrected chi connectivity index (χ0v) is 22.9. The van der Waals surface area contributed by atoms with Gasteiger partial charge in [0.25, 0.3) is 0 Å². The minimum Gasteiger partial charge on any atom is -0.458 e. The van der Waals surface area contributed by atoms with Crippen molar-refractivity contribution >= 4 is 39.9 Å². The Kier molecular flexibility index (Phi) is 5.13. The van der Waals surface area contributed by atoms with Gasteiger partial charge in [0.2, 0.25) is 12.0 Å². The summed E-state index contributed by atoms with van der Waals surface area (Å²) >= 11 is 0. The van der Waals surface area contributed by atoms with E-state index in [0.717, 1.165) is 28.4 Å². The molecule has 5 aromatic carbocycles. The molecule has 9 rings (SSSR count). The summed E-state index contributed by atoms with van der Waals surface area (Å²) in [4.78, 5) is 8.90. The Labute approximate surface area is 244 Å². The molecule has 2 aliphatic heterocycles. The molecule has 0 fully saturated rings. The maximum atomic E-state index is 6.63. The Hall–Kier alpha value is -5.19. The normalized spacial score (nSPS) is 21.8. The number of benzene rings is 5. The van der Waals surface area contributed by atoms with Crippen molar-refractivity contribution in [2.24, 2.45) is 4.99 Å². The first-order chi connectivity index (χ1) is 20.8. The summed E-state index contributed by atoms with van der Waals surface area (Å²) in [6.07, 6.45) is 4.63. The summed E-state index contributed by atoms with van der Waals surface area (Å²) in [6, 6.07) is 47.4. The first-order valence-corrected chi connectivity index (χ1v) is 14.6. The molecule has 0 spiro atoms. The van der Waals surface area contributed by atoms with Gasteiger partial charge in [-0.25, -0.2) is 4.90 Å². The maximum absolute atomic E-state index is 6.63. The molecule has 4 atom stereocenters. The quantitative estimate of drug-likeness (QED) is 0.244. The van der Waals surface area contributed by atoms with Gasteiger partial charge in [-0.2, -0.15) is 4.99 Å². The van der Waals surface area contributed by atoms with Crippen LogP contribution in [0, 0.1) is 0 Å². The minimum absolute atomic E-state index is 0.00913. The number of amidine groups is 1. The molecule has 0 amide bonds. The largest absolute Gasteiger partial charge is 0.458 e. The average molecular weight is 543 g/mol. The first-order valence-electron chi connectivity index (χ1n) is 14.6. The Balaban J connectivity index is 1.19. The number of hydrogen-bond acceptors (Lipinski definition) is 3. The van der Waals surface area contributed by atoms with Crippen molar-refractivity contribution in [2.45, 2.75) is 18.1 Å². The van der Waals surface area contributed by atoms with Crippen LogP contribution in [0.5, 0.6) is 0 Å². The molecule has 4 unspecified atom stereocenters. The van der Waals surface area contributed by atoms with Crippen LogP contribution in [0.4, 0.5) is 17.1 Å². The highest BCUT2D eigenvalue weighted by molar-refractivity contribution is 5.96. The number of nitrogens with one attached hydrogen (secondary N) is 1. The summed E-state index contributed by atoms with van der Waals surface area (Å²) in [5.74, 6) is 2.32. The number of anilines is 2. The van der Waals surface area contributed by atoms with Crippen molar-refractivity contribution in [1.29, 1.82) is 0 Å². The average Bonchev–Trinajstić information content (AvgIpc) is 3.58. The van der Waals surface area contributed by atoms with E-state index in [1.165, 1.54) is 38.4 Å². The van der Waals surface area contributed by atoms with Crippen LogP contribution in [-0.4, -0.2) is 5.84 Å². The number of nitrogens with zero attached hydrogens (tertiary/aromatic N) is 2. The molecule has 4 heteroatoms. The lowest BCUT2D eigenvalue weighted by Gasteiger charge is -2.35. The number of furan rings is 1. The van der Waals surface area contributed by atoms with Crippen LogP contribution in [0.2, 0.25) is 0 Å². The van der Waals surface area contributed by atoms with Gasteiger partial charge in [0.1, 0.15) is 23.1 Å². The number of aliphatic imine (C=N–C) groups is 1. The van der Waals surface area contributed by atoms with Crippen molar-refractivity contribution in [2.75, 3.05) is 4.90 Å². The lowest BCUT2D eigenvalue weighted by Crippen LogP contribution is -3.14. The highest BCUT2D eigenvalue weighted by Crippen LogP contribution is 2.57. The smallest absolute Gasteiger partial charge is 0.241 e. The van der Waals surface area contributed by atoms with E-state index in [0.29, 0.717) is 0 Å². The number of para-hydroxylation sites is 2. The van der Waals surface area contributed by atoms with Crippen LogP contribution in [0.15, 0.2) is 149 Å². The van der Waals surface area contributed by atoms with Crippen LogP contribution in [0.3, 0.4) is 0 Å². The zero-order chi connectivity index (χ0) is 27.6. The molecule has 4 nitrogen and oxygen atoms in total. The van der Waals surface area contributed by atoms with Gasteiger partial charge in [-0.1, -0.05) is 103 Å². The molecule has 1 N–H and O–H groups in total. The fourth-order valence-corrected chi connectivity index (χ4v) is 7.08. The molecule has 0 saturated carbocycles. The number of quaternary nitrogens is 1. The van der Waals surface area contributed by atoms with E-state index in [9.17, 15) is 0 Å². The molecule has 3 aliphatic rings. The van der Waals surface area contributed by atoms with E-state index in [1.807, 2.05) is 6.07 Å². The Morgan fingerprint density at radius 3 is 2.36 bits per heavy atom. The van der Waals surface area contributed by atoms with E-state index in [1.54, 1.807) is 0 Å². The van der Waals surface area contributed by atoms with Gasteiger partial charge < -0.3 is 9.32 Å². The molecule has 1 aromatic heterocycles. The van der Waals surface area contributed by atoms with Crippen LogP contribution in [0.25, 0.3) is 17.0 Å². The van der Waals surface area contributed by atoms with Crippen molar-refractivity contribution in [3.8, 4) is 0 Å². The second-order valence-corrected chi connectivity index (χ2v) is 11.3. The van der Waals surface area contributed by atoms with Gasteiger partial charge >= 0.3 is 0 Å². The molecule has 0 radical (unpaired) electrons. The number of hydrogen-bond donors (Lipinski definition) is 1. The van der Waals surface area contributed by atoms with Gasteiger partial charge in [-0.3, -0.25) is 0 Å². The zero-order valence-electron chi connectivity index (χ0n) is 22.9. The summed E-state index contributed by atoms with van der Waals surface area (Å²) in [6.45, 7) is 0. The van der Waals surface area contributed by atoms with E-state index >= 15 is 0 Å². The summed E-state index contributed by atoms with van der Waals surface area (Å²) in [5, 5.41) is 1.17. The Morgan fingerprint density at radius 2 is 1.48 bits per heavy atom. The van der Waals surface area contributed by atoms with Gasteiger partial charge in [0, 0.05) is 39.9 Å². The molecule has 0 bridgehead atoms. The Bertz CT molecular complexity index is 2020. The van der Waals surface area contributed by atoms with E-state index < -0.39 is 0 Å². The third-order valence-corrected chi connectivity index (χ3v) is 8.96. The molecule has 42 heavy (non-hydrogen) atoms. The molecule has 3 heterocycles. The topological polar surface area (TPSA) is 33.2 Å². The van der Waals surface area contributed by atoms with E-state index in [-0.39, 0.29) is 18.1 Å². The second kappa shape index (κ2) is 9.16. The van der Waals surface area contributed by atoms with Crippen molar-refractivity contribution in [3.63, 3.8) is 0 Å². The second-order valence-electron chi connectivity index (χ2n) is 11.3. The third kappa shape index (κ3) is 3.42. The predicted molar refractivity (Wildman–Crippen MR) is 169 cm³/mol. The maximum Gasteiger partial charge on any atom is 0.241 e. The van der Waals surface area contributed by atoms with Gasteiger partial charge in [0.05, 0.1) is 5.56 Å². The van der Waals surface area contributed by atoms with E-state index in [4.69, 9.17) is 9.41 Å². The van der Waals surface area contributed by atoms with Crippen LogP contribution >= 0.6 is 0 Å². The van der Waals surface area contributed by atoms with Crippen LogP contribution in [-0.2, 0) is 0 Å². The summed E-state index contributed by atoms with van der Waals surface area (Å²) in [5.41, 5.74) is 9.43. The molecule has 200 valence electrons. The molecule has 0 saturated heterocycles. The minimum atomic E-state index is 0.00913. The highest BCUT2D eigenvalue weighted by atomic mass is 16.3. The van der Waals surface area contributed by atoms with Gasteiger partial charge in [-0.05, 0) is 42.0 Å².